The lowest BCUT2D eigenvalue weighted by Gasteiger charge is -2.09. The van der Waals surface area contributed by atoms with E-state index in [9.17, 15) is 0 Å². The van der Waals surface area contributed by atoms with Gasteiger partial charge in [-0.05, 0) is 13.3 Å². The molecule has 1 N–H and O–H groups in total. The van der Waals surface area contributed by atoms with Gasteiger partial charge in [-0.2, -0.15) is 4.98 Å². The molecule has 0 amide bonds. The summed E-state index contributed by atoms with van der Waals surface area (Å²) >= 11 is 0. The summed E-state index contributed by atoms with van der Waals surface area (Å²) in [5, 5.41) is 3.21. The van der Waals surface area contributed by atoms with Crippen molar-refractivity contribution in [2.45, 2.75) is 52.4 Å². The van der Waals surface area contributed by atoms with Gasteiger partial charge in [-0.3, -0.25) is 4.40 Å². The smallest absolute Gasteiger partial charge is 0.260 e. The largest absolute Gasteiger partial charge is 0.475 e. The van der Waals surface area contributed by atoms with Gasteiger partial charge in [-0.25, -0.2) is 4.98 Å². The van der Waals surface area contributed by atoms with Crippen LogP contribution in [-0.2, 0) is 0 Å². The highest BCUT2D eigenvalue weighted by molar-refractivity contribution is 5.53. The van der Waals surface area contributed by atoms with Crippen LogP contribution in [0, 0.1) is 0 Å². The van der Waals surface area contributed by atoms with Crippen LogP contribution in [0.1, 0.15) is 52.4 Å². The van der Waals surface area contributed by atoms with Gasteiger partial charge in [0.1, 0.15) is 5.82 Å². The lowest BCUT2D eigenvalue weighted by atomic mass is 10.1. The number of nitrogens with zero attached hydrogens (tertiary/aromatic N) is 3. The van der Waals surface area contributed by atoms with E-state index in [1.165, 1.54) is 32.1 Å². The lowest BCUT2D eigenvalue weighted by Crippen LogP contribution is -2.06. The number of ether oxygens (including phenoxy) is 1. The molecule has 0 atom stereocenters. The van der Waals surface area contributed by atoms with Crippen molar-refractivity contribution in [1.29, 1.82) is 0 Å². The van der Waals surface area contributed by atoms with Crippen molar-refractivity contribution in [3.8, 4) is 5.88 Å². The first-order valence-electron chi connectivity index (χ1n) is 8.05. The lowest BCUT2D eigenvalue weighted by molar-refractivity contribution is 0.295. The van der Waals surface area contributed by atoms with Gasteiger partial charge in [-0.15, -0.1) is 0 Å². The van der Waals surface area contributed by atoms with Gasteiger partial charge in [0.05, 0.1) is 12.8 Å². The molecule has 0 saturated carbocycles. The van der Waals surface area contributed by atoms with E-state index in [0.29, 0.717) is 12.5 Å². The molecule has 0 aromatic carbocycles. The number of hydrogen-bond donors (Lipinski definition) is 1. The van der Waals surface area contributed by atoms with E-state index in [2.05, 4.69) is 29.1 Å². The van der Waals surface area contributed by atoms with Crippen molar-refractivity contribution in [2.24, 2.45) is 0 Å². The first kappa shape index (κ1) is 15.6. The zero-order chi connectivity index (χ0) is 14.9. The Kier molecular flexibility index (Phi) is 6.31. The van der Waals surface area contributed by atoms with E-state index in [1.807, 2.05) is 16.8 Å². The summed E-state index contributed by atoms with van der Waals surface area (Å²) < 4.78 is 7.78. The predicted octanol–water partition coefficient (Wildman–Crippen LogP) is 3.90. The molecule has 5 nitrogen and oxygen atoms in total. The van der Waals surface area contributed by atoms with E-state index in [-0.39, 0.29) is 0 Å². The molecular formula is C16H26N4O. The number of fused-ring (bicyclic) bond motifs is 1. The van der Waals surface area contributed by atoms with E-state index in [0.717, 1.165) is 24.4 Å². The highest BCUT2D eigenvalue weighted by atomic mass is 16.5. The van der Waals surface area contributed by atoms with Crippen LogP contribution in [0.25, 0.3) is 5.65 Å². The maximum atomic E-state index is 5.84. The molecule has 116 valence electrons. The minimum Gasteiger partial charge on any atom is -0.475 e. The molecule has 2 aromatic heterocycles. The van der Waals surface area contributed by atoms with Crippen LogP contribution in [-0.4, -0.2) is 27.5 Å². The average molecular weight is 290 g/mol. The number of anilines is 1. The van der Waals surface area contributed by atoms with Gasteiger partial charge < -0.3 is 10.1 Å². The second-order valence-corrected chi connectivity index (χ2v) is 5.24. The van der Waals surface area contributed by atoms with Gasteiger partial charge in [-0.1, -0.05) is 39.0 Å². The molecule has 2 aromatic rings. The summed E-state index contributed by atoms with van der Waals surface area (Å²) in [5.74, 6) is 1.44. The standard InChI is InChI=1S/C16H26N4O/c1-3-5-6-7-8-9-12-21-16-15-18-10-11-20(15)13-14(19-16)17-4-2/h10-11,13,17H,3-9,12H2,1-2H3. The SMILES string of the molecule is CCCCCCCCOc1nc(NCC)cn2ccnc12. The number of nitrogens with one attached hydrogen (secondary N) is 1. The molecule has 2 heterocycles. The first-order chi connectivity index (χ1) is 10.3. The number of hydrogen-bond acceptors (Lipinski definition) is 4. The van der Waals surface area contributed by atoms with Crippen LogP contribution in [0.4, 0.5) is 5.82 Å². The summed E-state index contributed by atoms with van der Waals surface area (Å²) in [6.07, 6.45) is 13.2. The molecule has 0 unspecified atom stereocenters. The molecular weight excluding hydrogens is 264 g/mol. The fraction of sp³-hybridized carbons (Fsp3) is 0.625. The maximum Gasteiger partial charge on any atom is 0.260 e. The second kappa shape index (κ2) is 8.49. The van der Waals surface area contributed by atoms with Crippen LogP contribution < -0.4 is 10.1 Å². The molecule has 21 heavy (non-hydrogen) atoms. The zero-order valence-electron chi connectivity index (χ0n) is 13.1. The minimum absolute atomic E-state index is 0.618. The number of unbranched alkanes of at least 4 members (excludes halogenated alkanes) is 5. The fourth-order valence-corrected chi connectivity index (χ4v) is 2.32. The van der Waals surface area contributed by atoms with Crippen molar-refractivity contribution in [1.82, 2.24) is 14.4 Å². The summed E-state index contributed by atoms with van der Waals surface area (Å²) in [6.45, 7) is 5.83. The quantitative estimate of drug-likeness (QED) is 0.674. The fourth-order valence-electron chi connectivity index (χ4n) is 2.32. The first-order valence-corrected chi connectivity index (χ1v) is 8.05. The molecule has 2 rings (SSSR count). The van der Waals surface area contributed by atoms with Gasteiger partial charge in [0.15, 0.2) is 0 Å². The third kappa shape index (κ3) is 4.62. The maximum absolute atomic E-state index is 5.84. The van der Waals surface area contributed by atoms with Gasteiger partial charge in [0, 0.05) is 18.9 Å². The molecule has 0 fully saturated rings. The summed E-state index contributed by atoms with van der Waals surface area (Å²) in [4.78, 5) is 8.80. The Hall–Kier alpha value is -1.78. The normalized spacial score (nSPS) is 11.0. The summed E-state index contributed by atoms with van der Waals surface area (Å²) in [6, 6.07) is 0. The topological polar surface area (TPSA) is 51.5 Å². The summed E-state index contributed by atoms with van der Waals surface area (Å²) in [7, 11) is 0. The molecule has 0 spiro atoms. The Morgan fingerprint density at radius 2 is 1.95 bits per heavy atom. The van der Waals surface area contributed by atoms with Crippen molar-refractivity contribution < 1.29 is 4.74 Å². The Balaban J connectivity index is 1.87. The van der Waals surface area contributed by atoms with Crippen LogP contribution >= 0.6 is 0 Å². The van der Waals surface area contributed by atoms with Crippen molar-refractivity contribution in [3.63, 3.8) is 0 Å². The van der Waals surface area contributed by atoms with Crippen LogP contribution in [0.3, 0.4) is 0 Å². The van der Waals surface area contributed by atoms with Crippen LogP contribution in [0.15, 0.2) is 18.6 Å². The number of imidazole rings is 1. The Morgan fingerprint density at radius 3 is 2.76 bits per heavy atom. The van der Waals surface area contributed by atoms with E-state index in [1.54, 1.807) is 6.20 Å². The van der Waals surface area contributed by atoms with Gasteiger partial charge in [0.2, 0.25) is 5.65 Å². The number of aromatic nitrogens is 3. The van der Waals surface area contributed by atoms with Crippen LogP contribution in [0.5, 0.6) is 5.88 Å². The molecule has 0 saturated heterocycles. The Bertz CT molecular complexity index is 538. The molecule has 0 radical (unpaired) electrons. The average Bonchev–Trinajstić information content (AvgIpc) is 2.95. The highest BCUT2D eigenvalue weighted by Gasteiger charge is 2.08. The minimum atomic E-state index is 0.618. The monoisotopic (exact) mass is 290 g/mol. The third-order valence-corrected chi connectivity index (χ3v) is 3.44. The van der Waals surface area contributed by atoms with E-state index in [4.69, 9.17) is 4.74 Å². The second-order valence-electron chi connectivity index (χ2n) is 5.24. The van der Waals surface area contributed by atoms with Crippen LogP contribution in [0.2, 0.25) is 0 Å². The molecule has 0 aliphatic carbocycles. The molecule has 0 aliphatic heterocycles. The molecule has 0 aliphatic rings. The highest BCUT2D eigenvalue weighted by Crippen LogP contribution is 2.19. The zero-order valence-corrected chi connectivity index (χ0v) is 13.1. The third-order valence-electron chi connectivity index (χ3n) is 3.44. The van der Waals surface area contributed by atoms with Gasteiger partial charge in [0.25, 0.3) is 5.88 Å². The molecule has 0 bridgehead atoms. The van der Waals surface area contributed by atoms with E-state index < -0.39 is 0 Å². The van der Waals surface area contributed by atoms with Crippen molar-refractivity contribution in [3.05, 3.63) is 18.6 Å². The number of rotatable bonds is 10. The van der Waals surface area contributed by atoms with E-state index >= 15 is 0 Å². The summed E-state index contributed by atoms with van der Waals surface area (Å²) in [5.41, 5.74) is 0.780. The van der Waals surface area contributed by atoms with Gasteiger partial charge >= 0.3 is 0 Å². The Labute approximate surface area is 126 Å². The van der Waals surface area contributed by atoms with Crippen molar-refractivity contribution in [2.75, 3.05) is 18.5 Å². The van der Waals surface area contributed by atoms with Crippen molar-refractivity contribution >= 4 is 11.5 Å². The predicted molar refractivity (Wildman–Crippen MR) is 86.0 cm³/mol. The molecule has 5 heteroatoms. The Morgan fingerprint density at radius 1 is 1.14 bits per heavy atom.